The first-order chi connectivity index (χ1) is 14.9. The molecule has 1 saturated carbocycles. The Balaban J connectivity index is 1.32. The summed E-state index contributed by atoms with van der Waals surface area (Å²) in [5.74, 6) is 0. The molecule has 3 aliphatic rings. The minimum atomic E-state index is 0.0824. The zero-order valence-corrected chi connectivity index (χ0v) is 19.4. The van der Waals surface area contributed by atoms with E-state index in [-0.39, 0.29) is 16.4 Å². The topological polar surface area (TPSA) is 52.0 Å². The third-order valence-electron chi connectivity index (χ3n) is 8.18. The van der Waals surface area contributed by atoms with Crippen LogP contribution in [0, 0.1) is 5.41 Å². The first-order valence-corrected chi connectivity index (χ1v) is 12.2. The van der Waals surface area contributed by atoms with Gasteiger partial charge in [0.15, 0.2) is 0 Å². The normalized spacial score (nSPS) is 30.0. The molecule has 2 fully saturated rings. The van der Waals surface area contributed by atoms with Gasteiger partial charge in [0.2, 0.25) is 0 Å². The van der Waals surface area contributed by atoms with Gasteiger partial charge in [-0.3, -0.25) is 9.67 Å². The number of nitrogens with zero attached hydrogens (tertiary/aromatic N) is 3. The number of hydrogen-bond acceptors (Lipinski definition) is 4. The lowest BCUT2D eigenvalue weighted by molar-refractivity contribution is -0.104. The molecule has 5 rings (SSSR count). The highest BCUT2D eigenvalue weighted by Gasteiger charge is 2.48. The van der Waals surface area contributed by atoms with Crippen LogP contribution >= 0.6 is 0 Å². The van der Waals surface area contributed by atoms with Gasteiger partial charge in [-0.2, -0.15) is 5.10 Å². The van der Waals surface area contributed by atoms with Crippen molar-refractivity contribution in [1.29, 1.82) is 0 Å². The van der Waals surface area contributed by atoms with Gasteiger partial charge in [-0.25, -0.2) is 0 Å². The van der Waals surface area contributed by atoms with Crippen molar-refractivity contribution in [2.45, 2.75) is 95.2 Å². The Morgan fingerprint density at radius 2 is 1.97 bits per heavy atom. The van der Waals surface area contributed by atoms with Crippen LogP contribution < -0.4 is 5.32 Å². The fourth-order valence-electron chi connectivity index (χ4n) is 6.49. The van der Waals surface area contributed by atoms with Crippen LogP contribution in [0.4, 0.5) is 0 Å². The molecule has 0 bridgehead atoms. The van der Waals surface area contributed by atoms with E-state index in [4.69, 9.17) is 9.72 Å². The molecule has 0 radical (unpaired) electrons. The summed E-state index contributed by atoms with van der Waals surface area (Å²) in [4.78, 5) is 4.85. The van der Waals surface area contributed by atoms with Crippen molar-refractivity contribution in [3.05, 3.63) is 48.0 Å². The van der Waals surface area contributed by atoms with Crippen molar-refractivity contribution in [3.8, 4) is 0 Å². The zero-order valence-electron chi connectivity index (χ0n) is 19.4. The standard InChI is InChI=1S/C26H38N4O/c1-24(2,3)23-18-20(21-9-15-29-30(21)23)27-16-12-25(22-8-4-7-14-28-22)13-17-31-26(19-25)10-5-6-11-26/h4,7-9,14-15,20,23,27H,5-6,10-13,16-19H2,1-3H3/t20-,23+,25-/m1/s1. The lowest BCUT2D eigenvalue weighted by atomic mass is 9.68. The molecule has 2 aliphatic heterocycles. The number of nitrogens with one attached hydrogen (secondary N) is 1. The van der Waals surface area contributed by atoms with Crippen molar-refractivity contribution in [2.24, 2.45) is 5.41 Å². The highest BCUT2D eigenvalue weighted by molar-refractivity contribution is 5.21. The summed E-state index contributed by atoms with van der Waals surface area (Å²) >= 11 is 0. The maximum Gasteiger partial charge on any atom is 0.0691 e. The fourth-order valence-corrected chi connectivity index (χ4v) is 6.49. The van der Waals surface area contributed by atoms with Crippen molar-refractivity contribution in [1.82, 2.24) is 20.1 Å². The second kappa shape index (κ2) is 8.00. The SMILES string of the molecule is CC(C)(C)[C@@H]1C[C@@H](NCC[C@@]2(c3ccccn3)CCOC3(CCCC3)C2)c2ccnn21. The van der Waals surface area contributed by atoms with Crippen molar-refractivity contribution in [3.63, 3.8) is 0 Å². The monoisotopic (exact) mass is 422 g/mol. The largest absolute Gasteiger partial charge is 0.375 e. The fraction of sp³-hybridized carbons (Fsp3) is 0.692. The molecule has 168 valence electrons. The summed E-state index contributed by atoms with van der Waals surface area (Å²) in [5.41, 5.74) is 3.00. The first kappa shape index (κ1) is 21.1. The Morgan fingerprint density at radius 1 is 1.13 bits per heavy atom. The number of hydrogen-bond donors (Lipinski definition) is 1. The number of fused-ring (bicyclic) bond motifs is 1. The number of pyridine rings is 1. The minimum absolute atomic E-state index is 0.0824. The highest BCUT2D eigenvalue weighted by Crippen LogP contribution is 2.50. The second-order valence-electron chi connectivity index (χ2n) is 11.2. The van der Waals surface area contributed by atoms with E-state index in [0.29, 0.717) is 12.1 Å². The molecule has 1 saturated heterocycles. The van der Waals surface area contributed by atoms with Crippen molar-refractivity contribution < 1.29 is 4.74 Å². The third kappa shape index (κ3) is 3.95. The molecule has 2 aromatic rings. The molecule has 4 heterocycles. The Morgan fingerprint density at radius 3 is 2.71 bits per heavy atom. The third-order valence-corrected chi connectivity index (χ3v) is 8.18. The van der Waals surface area contributed by atoms with Gasteiger partial charge in [0.1, 0.15) is 0 Å². The highest BCUT2D eigenvalue weighted by atomic mass is 16.5. The molecular weight excluding hydrogens is 384 g/mol. The maximum absolute atomic E-state index is 6.41. The lowest BCUT2D eigenvalue weighted by Crippen LogP contribution is -2.47. The first-order valence-electron chi connectivity index (χ1n) is 12.2. The summed E-state index contributed by atoms with van der Waals surface area (Å²) in [6.07, 6.45) is 13.4. The van der Waals surface area contributed by atoms with Crippen LogP contribution in [0.2, 0.25) is 0 Å². The van der Waals surface area contributed by atoms with Gasteiger partial charge in [0.05, 0.1) is 23.4 Å². The Kier molecular flexibility index (Phi) is 5.46. The predicted molar refractivity (Wildman–Crippen MR) is 123 cm³/mol. The number of rotatable bonds is 5. The van der Waals surface area contributed by atoms with Crippen molar-refractivity contribution in [2.75, 3.05) is 13.2 Å². The van der Waals surface area contributed by atoms with Crippen LogP contribution in [0.15, 0.2) is 36.7 Å². The Hall–Kier alpha value is -1.72. The van der Waals surface area contributed by atoms with Crippen molar-refractivity contribution >= 4 is 0 Å². The molecule has 3 atom stereocenters. The molecule has 5 nitrogen and oxygen atoms in total. The van der Waals surface area contributed by atoms with Crippen LogP contribution in [-0.4, -0.2) is 33.5 Å². The average Bonchev–Trinajstić information content (AvgIpc) is 3.47. The molecule has 31 heavy (non-hydrogen) atoms. The van der Waals surface area contributed by atoms with Gasteiger partial charge in [-0.15, -0.1) is 0 Å². The van der Waals surface area contributed by atoms with E-state index in [2.05, 4.69) is 54.1 Å². The van der Waals surface area contributed by atoms with E-state index in [9.17, 15) is 0 Å². The van der Waals surface area contributed by atoms with Crippen LogP contribution in [-0.2, 0) is 10.2 Å². The molecular formula is C26H38N4O. The van der Waals surface area contributed by atoms with Crippen LogP contribution in [0.25, 0.3) is 0 Å². The van der Waals surface area contributed by atoms with E-state index in [1.54, 1.807) is 0 Å². The summed E-state index contributed by atoms with van der Waals surface area (Å²) in [6.45, 7) is 8.83. The van der Waals surface area contributed by atoms with Gasteiger partial charge in [0.25, 0.3) is 0 Å². The van der Waals surface area contributed by atoms with E-state index in [1.807, 2.05) is 18.5 Å². The van der Waals surface area contributed by atoms with Gasteiger partial charge in [-0.05, 0) is 68.7 Å². The molecule has 1 N–H and O–H groups in total. The molecule has 5 heteroatoms. The average molecular weight is 423 g/mol. The maximum atomic E-state index is 6.41. The Labute approximate surface area is 187 Å². The van der Waals surface area contributed by atoms with Gasteiger partial charge >= 0.3 is 0 Å². The van der Waals surface area contributed by atoms with Crippen LogP contribution in [0.1, 0.15) is 95.6 Å². The van der Waals surface area contributed by atoms with Gasteiger partial charge in [-0.1, -0.05) is 39.7 Å². The minimum Gasteiger partial charge on any atom is -0.375 e. The molecule has 1 spiro atoms. The van der Waals surface area contributed by atoms with Gasteiger partial charge in [0, 0.05) is 30.1 Å². The molecule has 0 aromatic carbocycles. The van der Waals surface area contributed by atoms with E-state index in [1.165, 1.54) is 37.1 Å². The Bertz CT molecular complexity index is 880. The number of ether oxygens (including phenoxy) is 1. The van der Waals surface area contributed by atoms with E-state index < -0.39 is 0 Å². The van der Waals surface area contributed by atoms with E-state index >= 15 is 0 Å². The molecule has 1 aliphatic carbocycles. The molecule has 0 amide bonds. The van der Waals surface area contributed by atoms with Gasteiger partial charge < -0.3 is 10.1 Å². The lowest BCUT2D eigenvalue weighted by Gasteiger charge is -2.46. The zero-order chi connectivity index (χ0) is 21.5. The quantitative estimate of drug-likeness (QED) is 0.706. The smallest absolute Gasteiger partial charge is 0.0691 e. The van der Waals surface area contributed by atoms with Crippen LogP contribution in [0.5, 0.6) is 0 Å². The summed E-state index contributed by atoms with van der Waals surface area (Å²) < 4.78 is 8.67. The molecule has 2 aromatic heterocycles. The second-order valence-corrected chi connectivity index (χ2v) is 11.2. The summed E-state index contributed by atoms with van der Waals surface area (Å²) in [6, 6.07) is 9.45. The summed E-state index contributed by atoms with van der Waals surface area (Å²) in [5, 5.41) is 8.57. The molecule has 0 unspecified atom stereocenters. The predicted octanol–water partition coefficient (Wildman–Crippen LogP) is 5.35. The van der Waals surface area contributed by atoms with E-state index in [0.717, 1.165) is 38.8 Å². The van der Waals surface area contributed by atoms with Crippen LogP contribution in [0.3, 0.4) is 0 Å². The number of aromatic nitrogens is 3. The summed E-state index contributed by atoms with van der Waals surface area (Å²) in [7, 11) is 0.